The number of anilines is 1. The quantitative estimate of drug-likeness (QED) is 0.678. The number of nitrogens with one attached hydrogen (secondary N) is 1. The van der Waals surface area contributed by atoms with Gasteiger partial charge in [-0.2, -0.15) is 0 Å². The number of carbonyl (C=O) groups is 2. The summed E-state index contributed by atoms with van der Waals surface area (Å²) in [4.78, 5) is 27.7. The first-order valence-electron chi connectivity index (χ1n) is 10.1. The third-order valence-electron chi connectivity index (χ3n) is 5.45. The van der Waals surface area contributed by atoms with Crippen LogP contribution in [0.5, 0.6) is 11.5 Å². The van der Waals surface area contributed by atoms with Crippen LogP contribution in [-0.4, -0.2) is 37.5 Å². The van der Waals surface area contributed by atoms with Gasteiger partial charge in [-0.3, -0.25) is 9.59 Å². The van der Waals surface area contributed by atoms with Crippen molar-refractivity contribution in [2.75, 3.05) is 26.1 Å². The minimum Gasteiger partial charge on any atom is -0.493 e. The summed E-state index contributed by atoms with van der Waals surface area (Å²) in [7, 11) is 3.21. The van der Waals surface area contributed by atoms with Crippen LogP contribution in [-0.2, 0) is 13.0 Å². The maximum absolute atomic E-state index is 13.3. The van der Waals surface area contributed by atoms with E-state index in [1.54, 1.807) is 67.7 Å². The van der Waals surface area contributed by atoms with Crippen LogP contribution in [0.2, 0.25) is 0 Å². The molecule has 0 saturated carbocycles. The van der Waals surface area contributed by atoms with Gasteiger partial charge in [0.2, 0.25) is 0 Å². The summed E-state index contributed by atoms with van der Waals surface area (Å²) in [6.07, 6.45) is 0.722. The molecule has 31 heavy (non-hydrogen) atoms. The zero-order valence-corrected chi connectivity index (χ0v) is 17.6. The van der Waals surface area contributed by atoms with Crippen molar-refractivity contribution in [1.29, 1.82) is 0 Å². The number of methoxy groups -OCH3 is 2. The Morgan fingerprint density at radius 1 is 0.871 bits per heavy atom. The number of benzene rings is 3. The third-order valence-corrected chi connectivity index (χ3v) is 5.45. The van der Waals surface area contributed by atoms with Crippen molar-refractivity contribution in [3.63, 3.8) is 0 Å². The van der Waals surface area contributed by atoms with Gasteiger partial charge >= 0.3 is 0 Å². The highest BCUT2D eigenvalue weighted by molar-refractivity contribution is 6.09. The van der Waals surface area contributed by atoms with Crippen LogP contribution in [0.1, 0.15) is 31.8 Å². The van der Waals surface area contributed by atoms with E-state index in [4.69, 9.17) is 9.47 Å². The van der Waals surface area contributed by atoms with Crippen LogP contribution < -0.4 is 14.8 Å². The molecule has 6 heteroatoms. The number of carbonyl (C=O) groups excluding carboxylic acids is 2. The molecule has 0 radical (unpaired) electrons. The molecule has 0 aliphatic carbocycles. The first-order valence-corrected chi connectivity index (χ1v) is 10.1. The Morgan fingerprint density at radius 2 is 1.52 bits per heavy atom. The topological polar surface area (TPSA) is 67.9 Å². The molecule has 1 N–H and O–H groups in total. The largest absolute Gasteiger partial charge is 0.493 e. The molecule has 1 aliphatic heterocycles. The van der Waals surface area contributed by atoms with Crippen molar-refractivity contribution in [2.45, 2.75) is 13.0 Å². The van der Waals surface area contributed by atoms with E-state index in [0.717, 1.165) is 17.5 Å². The maximum Gasteiger partial charge on any atom is 0.256 e. The van der Waals surface area contributed by atoms with Crippen molar-refractivity contribution in [2.24, 2.45) is 0 Å². The van der Waals surface area contributed by atoms with Crippen molar-refractivity contribution in [1.82, 2.24) is 4.90 Å². The van der Waals surface area contributed by atoms with E-state index in [0.29, 0.717) is 41.4 Å². The van der Waals surface area contributed by atoms with E-state index in [9.17, 15) is 9.59 Å². The van der Waals surface area contributed by atoms with E-state index in [1.807, 2.05) is 18.2 Å². The first-order chi connectivity index (χ1) is 15.1. The standard InChI is InChI=1S/C25H24N2O4/c1-30-22-14-18-12-13-27(16-19(18)15-23(22)31-2)25(29)20-10-6-7-11-21(20)26-24(28)17-8-4-3-5-9-17/h3-11,14-15H,12-13,16H2,1-2H3,(H,26,28). The van der Waals surface area contributed by atoms with Gasteiger partial charge in [-0.05, 0) is 53.9 Å². The number of hydrogen-bond donors (Lipinski definition) is 1. The molecule has 4 rings (SSSR count). The smallest absolute Gasteiger partial charge is 0.256 e. The van der Waals surface area contributed by atoms with Crippen LogP contribution in [0.15, 0.2) is 66.7 Å². The van der Waals surface area contributed by atoms with Gasteiger partial charge in [0.1, 0.15) is 0 Å². The fraction of sp³-hybridized carbons (Fsp3) is 0.200. The van der Waals surface area contributed by atoms with Gasteiger partial charge in [-0.1, -0.05) is 30.3 Å². The lowest BCUT2D eigenvalue weighted by atomic mass is 9.98. The molecule has 0 aromatic heterocycles. The summed E-state index contributed by atoms with van der Waals surface area (Å²) in [6, 6.07) is 19.9. The van der Waals surface area contributed by atoms with E-state index in [1.165, 1.54) is 0 Å². The SMILES string of the molecule is COc1cc2c(cc1OC)CN(C(=O)c1ccccc1NC(=O)c1ccccc1)CC2. The molecule has 0 spiro atoms. The number of amides is 2. The molecule has 1 heterocycles. The third kappa shape index (κ3) is 4.23. The molecule has 6 nitrogen and oxygen atoms in total. The van der Waals surface area contributed by atoms with Crippen LogP contribution in [0.3, 0.4) is 0 Å². The van der Waals surface area contributed by atoms with Gasteiger partial charge in [0, 0.05) is 18.7 Å². The Bertz CT molecular complexity index is 1110. The van der Waals surface area contributed by atoms with Crippen molar-refractivity contribution < 1.29 is 19.1 Å². The number of para-hydroxylation sites is 1. The monoisotopic (exact) mass is 416 g/mol. The molecule has 1 aliphatic rings. The highest BCUT2D eigenvalue weighted by Gasteiger charge is 2.25. The lowest BCUT2D eigenvalue weighted by Gasteiger charge is -2.30. The van der Waals surface area contributed by atoms with Gasteiger partial charge in [-0.15, -0.1) is 0 Å². The van der Waals surface area contributed by atoms with Crippen molar-refractivity contribution in [3.05, 3.63) is 89.0 Å². The molecule has 0 fully saturated rings. The fourth-order valence-corrected chi connectivity index (χ4v) is 3.79. The number of ether oxygens (including phenoxy) is 2. The van der Waals surface area contributed by atoms with Crippen LogP contribution in [0.4, 0.5) is 5.69 Å². The molecule has 158 valence electrons. The lowest BCUT2D eigenvalue weighted by molar-refractivity contribution is 0.0735. The van der Waals surface area contributed by atoms with Crippen LogP contribution >= 0.6 is 0 Å². The van der Waals surface area contributed by atoms with Gasteiger partial charge < -0.3 is 19.7 Å². The number of fused-ring (bicyclic) bond motifs is 1. The van der Waals surface area contributed by atoms with Crippen LogP contribution in [0, 0.1) is 0 Å². The Balaban J connectivity index is 1.56. The molecular weight excluding hydrogens is 392 g/mol. The molecule has 0 atom stereocenters. The summed E-state index contributed by atoms with van der Waals surface area (Å²) in [6.45, 7) is 1.05. The average molecular weight is 416 g/mol. The van der Waals surface area contributed by atoms with Gasteiger partial charge in [0.25, 0.3) is 11.8 Å². The highest BCUT2D eigenvalue weighted by Crippen LogP contribution is 2.34. The second kappa shape index (κ2) is 8.92. The second-order valence-electron chi connectivity index (χ2n) is 7.32. The lowest BCUT2D eigenvalue weighted by Crippen LogP contribution is -2.36. The molecule has 0 unspecified atom stereocenters. The summed E-state index contributed by atoms with van der Waals surface area (Å²) in [5.41, 5.74) is 3.68. The highest BCUT2D eigenvalue weighted by atomic mass is 16.5. The first kappa shape index (κ1) is 20.5. The van der Waals surface area contributed by atoms with E-state index in [-0.39, 0.29) is 11.8 Å². The second-order valence-corrected chi connectivity index (χ2v) is 7.32. The molecule has 3 aromatic carbocycles. The van der Waals surface area contributed by atoms with Crippen molar-refractivity contribution in [3.8, 4) is 11.5 Å². The molecule has 0 bridgehead atoms. The average Bonchev–Trinajstić information content (AvgIpc) is 2.83. The summed E-state index contributed by atoms with van der Waals surface area (Å²) in [5.74, 6) is 0.965. The molecule has 0 saturated heterocycles. The summed E-state index contributed by atoms with van der Waals surface area (Å²) in [5, 5.41) is 2.88. The predicted molar refractivity (Wildman–Crippen MR) is 119 cm³/mol. The molecular formula is C25H24N2O4. The van der Waals surface area contributed by atoms with Gasteiger partial charge in [0.15, 0.2) is 11.5 Å². The Kier molecular flexibility index (Phi) is 5.89. The van der Waals surface area contributed by atoms with E-state index < -0.39 is 0 Å². The summed E-state index contributed by atoms with van der Waals surface area (Å²) >= 11 is 0. The Hall–Kier alpha value is -3.80. The normalized spacial score (nSPS) is 12.6. The van der Waals surface area contributed by atoms with E-state index >= 15 is 0 Å². The number of nitrogens with zero attached hydrogens (tertiary/aromatic N) is 1. The fourth-order valence-electron chi connectivity index (χ4n) is 3.79. The number of rotatable bonds is 5. The van der Waals surface area contributed by atoms with Gasteiger partial charge in [0.05, 0.1) is 25.5 Å². The minimum absolute atomic E-state index is 0.121. The zero-order chi connectivity index (χ0) is 21.8. The van der Waals surface area contributed by atoms with Crippen molar-refractivity contribution >= 4 is 17.5 Å². The van der Waals surface area contributed by atoms with Gasteiger partial charge in [-0.25, -0.2) is 0 Å². The molecule has 2 amide bonds. The zero-order valence-electron chi connectivity index (χ0n) is 17.6. The molecule has 3 aromatic rings. The Morgan fingerprint density at radius 3 is 2.23 bits per heavy atom. The summed E-state index contributed by atoms with van der Waals surface area (Å²) < 4.78 is 10.8. The predicted octanol–water partition coefficient (Wildman–Crippen LogP) is 4.15. The van der Waals surface area contributed by atoms with E-state index in [2.05, 4.69) is 5.32 Å². The number of hydrogen-bond acceptors (Lipinski definition) is 4. The minimum atomic E-state index is -0.248. The Labute approximate surface area is 181 Å². The maximum atomic E-state index is 13.3. The van der Waals surface area contributed by atoms with Crippen LogP contribution in [0.25, 0.3) is 0 Å².